The largest absolute Gasteiger partial charge is 0.496 e. The van der Waals surface area contributed by atoms with E-state index in [9.17, 15) is 9.59 Å². The highest BCUT2D eigenvalue weighted by Crippen LogP contribution is 2.35. The third-order valence-corrected chi connectivity index (χ3v) is 4.58. The summed E-state index contributed by atoms with van der Waals surface area (Å²) in [5.41, 5.74) is 1.36. The first kappa shape index (κ1) is 23.1. The van der Waals surface area contributed by atoms with Gasteiger partial charge in [0.1, 0.15) is 5.75 Å². The molecule has 7 nitrogen and oxygen atoms in total. The van der Waals surface area contributed by atoms with Gasteiger partial charge in [0.15, 0.2) is 17.6 Å². The van der Waals surface area contributed by atoms with Crippen molar-refractivity contribution in [3.05, 3.63) is 58.6 Å². The van der Waals surface area contributed by atoms with Crippen LogP contribution in [0.1, 0.15) is 18.1 Å². The van der Waals surface area contributed by atoms with Crippen molar-refractivity contribution in [3.8, 4) is 17.2 Å². The molecule has 0 spiro atoms. The third kappa shape index (κ3) is 6.15. The van der Waals surface area contributed by atoms with E-state index < -0.39 is 18.0 Å². The normalized spacial score (nSPS) is 11.6. The molecule has 0 aliphatic carbocycles. The van der Waals surface area contributed by atoms with E-state index in [1.165, 1.54) is 40.4 Å². The number of amides is 1. The van der Waals surface area contributed by atoms with Crippen LogP contribution in [-0.2, 0) is 20.9 Å². The average Bonchev–Trinajstić information content (AvgIpc) is 2.76. The molecule has 0 radical (unpaired) electrons. The van der Waals surface area contributed by atoms with Crippen LogP contribution in [0.4, 0.5) is 0 Å². The van der Waals surface area contributed by atoms with Crippen LogP contribution in [-0.4, -0.2) is 39.3 Å². The molecule has 0 aliphatic rings. The molecule has 8 heteroatoms. The molecule has 30 heavy (non-hydrogen) atoms. The Bertz CT molecular complexity index is 928. The van der Waals surface area contributed by atoms with Crippen molar-refractivity contribution in [1.29, 1.82) is 0 Å². The van der Waals surface area contributed by atoms with E-state index in [1.54, 1.807) is 30.3 Å². The molecular formula is C22H24ClNO6. The standard InChI is InChI=1S/C22H24ClNO6/c1-14(22(26)24-13-16-7-5-6-8-17(16)23)30-21(25)10-9-15-11-19(28-3)20(29-4)12-18(15)27-2/h5-12,14H,13H2,1-4H3,(H,24,26)/b10-9+. The lowest BCUT2D eigenvalue weighted by Gasteiger charge is -2.13. The number of carbonyl (C=O) groups excluding carboxylic acids is 2. The highest BCUT2D eigenvalue weighted by molar-refractivity contribution is 6.31. The van der Waals surface area contributed by atoms with Gasteiger partial charge in [0.25, 0.3) is 5.91 Å². The van der Waals surface area contributed by atoms with Crippen molar-refractivity contribution >= 4 is 29.6 Å². The summed E-state index contributed by atoms with van der Waals surface area (Å²) in [5, 5.41) is 3.24. The summed E-state index contributed by atoms with van der Waals surface area (Å²) in [6, 6.07) is 10.5. The SMILES string of the molecule is COc1cc(OC)c(OC)cc1/C=C/C(=O)OC(C)C(=O)NCc1ccccc1Cl. The number of hydrogen-bond acceptors (Lipinski definition) is 6. The summed E-state index contributed by atoms with van der Waals surface area (Å²) >= 11 is 6.06. The van der Waals surface area contributed by atoms with E-state index in [2.05, 4.69) is 5.32 Å². The average molecular weight is 434 g/mol. The van der Waals surface area contributed by atoms with Crippen LogP contribution in [0, 0.1) is 0 Å². The Morgan fingerprint density at radius 1 is 1.03 bits per heavy atom. The third-order valence-electron chi connectivity index (χ3n) is 4.21. The molecule has 0 aromatic heterocycles. The highest BCUT2D eigenvalue weighted by atomic mass is 35.5. The Balaban J connectivity index is 1.98. The molecule has 2 aromatic carbocycles. The smallest absolute Gasteiger partial charge is 0.331 e. The Labute approximate surface area is 180 Å². The summed E-state index contributed by atoms with van der Waals surface area (Å²) in [5.74, 6) is 0.367. The van der Waals surface area contributed by atoms with E-state index in [0.717, 1.165) is 5.56 Å². The van der Waals surface area contributed by atoms with Gasteiger partial charge in [-0.05, 0) is 30.7 Å². The van der Waals surface area contributed by atoms with Crippen LogP contribution in [0.2, 0.25) is 5.02 Å². The van der Waals surface area contributed by atoms with Crippen LogP contribution in [0.3, 0.4) is 0 Å². The Kier molecular flexibility index (Phi) is 8.55. The monoisotopic (exact) mass is 433 g/mol. The number of esters is 1. The van der Waals surface area contributed by atoms with E-state index >= 15 is 0 Å². The Morgan fingerprint density at radius 3 is 2.30 bits per heavy atom. The van der Waals surface area contributed by atoms with Gasteiger partial charge < -0.3 is 24.3 Å². The van der Waals surface area contributed by atoms with Crippen LogP contribution >= 0.6 is 11.6 Å². The zero-order valence-corrected chi connectivity index (χ0v) is 18.0. The number of rotatable bonds is 9. The quantitative estimate of drug-likeness (QED) is 0.480. The second-order valence-corrected chi connectivity index (χ2v) is 6.58. The van der Waals surface area contributed by atoms with E-state index in [0.29, 0.717) is 27.8 Å². The van der Waals surface area contributed by atoms with Crippen molar-refractivity contribution in [3.63, 3.8) is 0 Å². The number of carbonyl (C=O) groups is 2. The molecule has 2 rings (SSSR count). The molecule has 1 atom stereocenters. The van der Waals surface area contributed by atoms with Crippen LogP contribution < -0.4 is 19.5 Å². The Hall–Kier alpha value is -3.19. The molecule has 0 fully saturated rings. The van der Waals surface area contributed by atoms with Gasteiger partial charge in [-0.3, -0.25) is 4.79 Å². The molecule has 1 N–H and O–H groups in total. The minimum Gasteiger partial charge on any atom is -0.496 e. The summed E-state index contributed by atoms with van der Waals surface area (Å²) in [6.45, 7) is 1.73. The van der Waals surface area contributed by atoms with Crippen LogP contribution in [0.15, 0.2) is 42.5 Å². The first-order chi connectivity index (χ1) is 14.4. The molecule has 0 bridgehead atoms. The van der Waals surface area contributed by atoms with E-state index in [4.69, 9.17) is 30.5 Å². The van der Waals surface area contributed by atoms with Crippen molar-refractivity contribution in [1.82, 2.24) is 5.32 Å². The molecule has 0 saturated heterocycles. The second kappa shape index (κ2) is 11.1. The molecule has 0 aliphatic heterocycles. The molecule has 0 saturated carbocycles. The zero-order valence-electron chi connectivity index (χ0n) is 17.2. The van der Waals surface area contributed by atoms with Gasteiger partial charge in [-0.1, -0.05) is 29.8 Å². The fraction of sp³-hybridized carbons (Fsp3) is 0.273. The van der Waals surface area contributed by atoms with Gasteiger partial charge >= 0.3 is 5.97 Å². The maximum Gasteiger partial charge on any atom is 0.331 e. The predicted molar refractivity (Wildman–Crippen MR) is 114 cm³/mol. The fourth-order valence-corrected chi connectivity index (χ4v) is 2.78. The maximum atomic E-state index is 12.2. The number of ether oxygens (including phenoxy) is 4. The first-order valence-electron chi connectivity index (χ1n) is 9.09. The van der Waals surface area contributed by atoms with Crippen LogP contribution in [0.5, 0.6) is 17.2 Å². The van der Waals surface area contributed by atoms with Gasteiger partial charge in [0, 0.05) is 29.3 Å². The van der Waals surface area contributed by atoms with Crippen molar-refractivity contribution in [2.24, 2.45) is 0 Å². The topological polar surface area (TPSA) is 83.1 Å². The summed E-state index contributed by atoms with van der Waals surface area (Å²) in [4.78, 5) is 24.3. The van der Waals surface area contributed by atoms with Crippen molar-refractivity contribution in [2.75, 3.05) is 21.3 Å². The number of benzene rings is 2. The summed E-state index contributed by atoms with van der Waals surface area (Å²) < 4.78 is 21.0. The molecule has 1 unspecified atom stereocenters. The van der Waals surface area contributed by atoms with Crippen LogP contribution in [0.25, 0.3) is 6.08 Å². The fourth-order valence-electron chi connectivity index (χ4n) is 2.58. The van der Waals surface area contributed by atoms with Gasteiger partial charge in [-0.2, -0.15) is 0 Å². The number of hydrogen-bond donors (Lipinski definition) is 1. The van der Waals surface area contributed by atoms with E-state index in [-0.39, 0.29) is 6.54 Å². The number of methoxy groups -OCH3 is 3. The molecule has 1 amide bonds. The molecule has 0 heterocycles. The van der Waals surface area contributed by atoms with E-state index in [1.807, 2.05) is 6.07 Å². The highest BCUT2D eigenvalue weighted by Gasteiger charge is 2.17. The lowest BCUT2D eigenvalue weighted by Crippen LogP contribution is -2.35. The molecular weight excluding hydrogens is 410 g/mol. The minimum atomic E-state index is -0.975. The number of halogens is 1. The number of nitrogens with one attached hydrogen (secondary N) is 1. The predicted octanol–water partition coefficient (Wildman–Crippen LogP) is 3.63. The zero-order chi connectivity index (χ0) is 22.1. The lowest BCUT2D eigenvalue weighted by molar-refractivity contribution is -0.150. The van der Waals surface area contributed by atoms with Gasteiger partial charge in [0.2, 0.25) is 0 Å². The lowest BCUT2D eigenvalue weighted by atomic mass is 10.1. The second-order valence-electron chi connectivity index (χ2n) is 6.17. The van der Waals surface area contributed by atoms with Crippen molar-refractivity contribution < 1.29 is 28.5 Å². The minimum absolute atomic E-state index is 0.235. The summed E-state index contributed by atoms with van der Waals surface area (Å²) in [6.07, 6.45) is 1.75. The summed E-state index contributed by atoms with van der Waals surface area (Å²) in [7, 11) is 4.53. The van der Waals surface area contributed by atoms with Gasteiger partial charge in [-0.15, -0.1) is 0 Å². The maximum absolute atomic E-state index is 12.2. The van der Waals surface area contributed by atoms with Gasteiger partial charge in [0.05, 0.1) is 21.3 Å². The molecule has 160 valence electrons. The Morgan fingerprint density at radius 2 is 1.67 bits per heavy atom. The van der Waals surface area contributed by atoms with Crippen molar-refractivity contribution in [2.45, 2.75) is 19.6 Å². The van der Waals surface area contributed by atoms with Gasteiger partial charge in [-0.25, -0.2) is 4.79 Å². The molecule has 2 aromatic rings. The first-order valence-corrected chi connectivity index (χ1v) is 9.47.